The van der Waals surface area contributed by atoms with Crippen molar-refractivity contribution in [2.45, 2.75) is 6.04 Å². The highest BCUT2D eigenvalue weighted by Gasteiger charge is 2.35. The van der Waals surface area contributed by atoms with Crippen molar-refractivity contribution in [1.82, 2.24) is 30.4 Å². The van der Waals surface area contributed by atoms with Gasteiger partial charge in [0.2, 0.25) is 5.95 Å². The Hall–Kier alpha value is -4.61. The molecule has 0 spiro atoms. The van der Waals surface area contributed by atoms with E-state index in [2.05, 4.69) is 31.0 Å². The molecular weight excluding hydrogens is 404 g/mol. The first-order valence-electron chi connectivity index (χ1n) is 9.13. The SMILES string of the molecule is COc1cccc(-c2n[nH]c(=O)c3c2[C@@H](c2cccc([N+](=O)[O-])c2)n2nnnc2N3)c1. The largest absolute Gasteiger partial charge is 0.497 e. The minimum Gasteiger partial charge on any atom is -0.497 e. The second-order valence-electron chi connectivity index (χ2n) is 6.75. The summed E-state index contributed by atoms with van der Waals surface area (Å²) in [5.41, 5.74) is 1.81. The van der Waals surface area contributed by atoms with Gasteiger partial charge in [0.05, 0.1) is 17.7 Å². The summed E-state index contributed by atoms with van der Waals surface area (Å²) in [5.74, 6) is 0.843. The molecule has 5 rings (SSSR count). The number of hydrogen-bond acceptors (Lipinski definition) is 9. The molecular formula is C19H14N8O4. The maximum Gasteiger partial charge on any atom is 0.288 e. The van der Waals surface area contributed by atoms with Crippen LogP contribution in [0.4, 0.5) is 17.3 Å². The third kappa shape index (κ3) is 2.97. The predicted octanol–water partition coefficient (Wildman–Crippen LogP) is 2.03. The summed E-state index contributed by atoms with van der Waals surface area (Å²) in [6.07, 6.45) is 0. The molecule has 12 nitrogen and oxygen atoms in total. The number of nitrogens with one attached hydrogen (secondary N) is 2. The van der Waals surface area contributed by atoms with Crippen molar-refractivity contribution in [2.24, 2.45) is 0 Å². The van der Waals surface area contributed by atoms with E-state index in [-0.39, 0.29) is 17.3 Å². The minimum absolute atomic E-state index is 0.0899. The van der Waals surface area contributed by atoms with Crippen LogP contribution < -0.4 is 15.6 Å². The zero-order valence-electron chi connectivity index (χ0n) is 16.0. The first-order chi connectivity index (χ1) is 15.1. The predicted molar refractivity (Wildman–Crippen MR) is 108 cm³/mol. The third-order valence-corrected chi connectivity index (χ3v) is 5.01. The van der Waals surface area contributed by atoms with Crippen molar-refractivity contribution in [1.29, 1.82) is 0 Å². The van der Waals surface area contributed by atoms with E-state index >= 15 is 0 Å². The molecule has 2 aromatic carbocycles. The Morgan fingerprint density at radius 1 is 1.19 bits per heavy atom. The van der Waals surface area contributed by atoms with Crippen LogP contribution in [0.5, 0.6) is 5.75 Å². The van der Waals surface area contributed by atoms with E-state index in [0.717, 1.165) is 0 Å². The molecule has 0 radical (unpaired) electrons. The average Bonchev–Trinajstić information content (AvgIpc) is 3.26. The number of nitrogens with zero attached hydrogens (tertiary/aromatic N) is 6. The number of tetrazole rings is 1. The number of fused-ring (bicyclic) bond motifs is 2. The Balaban J connectivity index is 1.81. The highest BCUT2D eigenvalue weighted by atomic mass is 16.6. The number of rotatable bonds is 4. The van der Waals surface area contributed by atoms with Gasteiger partial charge in [0.1, 0.15) is 17.5 Å². The van der Waals surface area contributed by atoms with Gasteiger partial charge in [0.15, 0.2) is 0 Å². The third-order valence-electron chi connectivity index (χ3n) is 5.01. The molecule has 4 aromatic rings. The van der Waals surface area contributed by atoms with E-state index < -0.39 is 16.5 Å². The molecule has 2 aromatic heterocycles. The number of non-ortho nitro benzene ring substituents is 1. The van der Waals surface area contributed by atoms with Crippen molar-refractivity contribution in [3.05, 3.63) is 80.1 Å². The van der Waals surface area contributed by atoms with Gasteiger partial charge in [-0.25, -0.2) is 5.10 Å². The standard InChI is InChI=1S/C19H14N8O4/c1-31-13-7-3-4-10(9-13)15-14-16(18(28)22-21-15)20-19-23-24-25-26(19)17(14)11-5-2-6-12(8-11)27(29)30/h2-9,17H,1H3,(H,22,28)(H,20,23,25)/t17-/m1/s1. The van der Waals surface area contributed by atoms with Crippen molar-refractivity contribution in [2.75, 3.05) is 12.4 Å². The molecule has 3 heterocycles. The molecule has 0 saturated carbocycles. The van der Waals surface area contributed by atoms with Crippen LogP contribution in [0.2, 0.25) is 0 Å². The van der Waals surface area contributed by atoms with E-state index in [9.17, 15) is 14.9 Å². The van der Waals surface area contributed by atoms with Crippen LogP contribution in [-0.2, 0) is 0 Å². The molecule has 0 bridgehead atoms. The normalized spacial score (nSPS) is 14.3. The van der Waals surface area contributed by atoms with Gasteiger partial charge in [-0.1, -0.05) is 29.4 Å². The summed E-state index contributed by atoms with van der Waals surface area (Å²) < 4.78 is 6.78. The Morgan fingerprint density at radius 2 is 2.03 bits per heavy atom. The van der Waals surface area contributed by atoms with Gasteiger partial charge in [0, 0.05) is 23.3 Å². The van der Waals surface area contributed by atoms with Gasteiger partial charge in [0.25, 0.3) is 11.2 Å². The molecule has 2 N–H and O–H groups in total. The first kappa shape index (κ1) is 18.4. The quantitative estimate of drug-likeness (QED) is 0.329. The molecule has 1 aliphatic rings. The summed E-state index contributed by atoms with van der Waals surface area (Å²) >= 11 is 0. The van der Waals surface area contributed by atoms with E-state index in [1.54, 1.807) is 37.4 Å². The van der Waals surface area contributed by atoms with Crippen molar-refractivity contribution in [3.8, 4) is 17.0 Å². The molecule has 12 heteroatoms. The van der Waals surface area contributed by atoms with Crippen LogP contribution in [0, 0.1) is 10.1 Å². The Labute approximate surface area is 173 Å². The van der Waals surface area contributed by atoms with Crippen molar-refractivity contribution < 1.29 is 9.66 Å². The number of benzene rings is 2. The Morgan fingerprint density at radius 3 is 2.84 bits per heavy atom. The van der Waals surface area contributed by atoms with Gasteiger partial charge in [-0.05, 0) is 28.1 Å². The smallest absolute Gasteiger partial charge is 0.288 e. The molecule has 154 valence electrons. The fourth-order valence-corrected chi connectivity index (χ4v) is 3.64. The number of nitro benzene ring substituents is 1. The molecule has 31 heavy (non-hydrogen) atoms. The zero-order chi connectivity index (χ0) is 21.5. The van der Waals surface area contributed by atoms with E-state index in [0.29, 0.717) is 28.1 Å². The molecule has 1 atom stereocenters. The van der Waals surface area contributed by atoms with E-state index in [4.69, 9.17) is 4.74 Å². The number of H-pyrrole nitrogens is 1. The lowest BCUT2D eigenvalue weighted by molar-refractivity contribution is -0.384. The topological polar surface area (TPSA) is 154 Å². The number of methoxy groups -OCH3 is 1. The fourth-order valence-electron chi connectivity index (χ4n) is 3.64. The maximum absolute atomic E-state index is 12.7. The van der Waals surface area contributed by atoms with E-state index in [1.165, 1.54) is 16.8 Å². The summed E-state index contributed by atoms with van der Waals surface area (Å²) in [6.45, 7) is 0. The fraction of sp³-hybridized carbons (Fsp3) is 0.105. The second-order valence-corrected chi connectivity index (χ2v) is 6.75. The lowest BCUT2D eigenvalue weighted by atomic mass is 9.92. The van der Waals surface area contributed by atoms with Crippen molar-refractivity contribution in [3.63, 3.8) is 0 Å². The van der Waals surface area contributed by atoms with Gasteiger partial charge >= 0.3 is 0 Å². The summed E-state index contributed by atoms with van der Waals surface area (Å²) in [7, 11) is 1.55. The van der Waals surface area contributed by atoms with Gasteiger partial charge in [-0.3, -0.25) is 14.9 Å². The van der Waals surface area contributed by atoms with Crippen LogP contribution in [0.15, 0.2) is 53.3 Å². The summed E-state index contributed by atoms with van der Waals surface area (Å²) in [5, 5.41) is 32.7. The average molecular weight is 418 g/mol. The van der Waals surface area contributed by atoms with Crippen molar-refractivity contribution >= 4 is 17.3 Å². The number of anilines is 2. The van der Waals surface area contributed by atoms with Crippen LogP contribution in [0.1, 0.15) is 17.2 Å². The molecule has 0 saturated heterocycles. The Kier molecular flexibility index (Phi) is 4.17. The highest BCUT2D eigenvalue weighted by molar-refractivity contribution is 5.76. The monoisotopic (exact) mass is 418 g/mol. The lowest BCUT2D eigenvalue weighted by Crippen LogP contribution is -2.29. The highest BCUT2D eigenvalue weighted by Crippen LogP contribution is 2.41. The molecule has 0 aliphatic carbocycles. The summed E-state index contributed by atoms with van der Waals surface area (Å²) in [4.78, 5) is 23.5. The van der Waals surface area contributed by atoms with Gasteiger partial charge < -0.3 is 10.1 Å². The van der Waals surface area contributed by atoms with Gasteiger partial charge in [-0.2, -0.15) is 9.78 Å². The van der Waals surface area contributed by atoms with E-state index in [1.807, 2.05) is 6.07 Å². The summed E-state index contributed by atoms with van der Waals surface area (Å²) in [6, 6.07) is 12.6. The van der Waals surface area contributed by atoms with Crippen LogP contribution in [0.25, 0.3) is 11.3 Å². The second kappa shape index (κ2) is 7.02. The number of aromatic nitrogens is 6. The van der Waals surface area contributed by atoms with Crippen LogP contribution in [0.3, 0.4) is 0 Å². The number of hydrogen-bond donors (Lipinski definition) is 2. The number of nitro groups is 1. The number of ether oxygens (including phenoxy) is 1. The molecule has 0 amide bonds. The minimum atomic E-state index is -0.725. The van der Waals surface area contributed by atoms with Crippen LogP contribution >= 0.6 is 0 Å². The Bertz CT molecular complexity index is 1380. The maximum atomic E-state index is 12.7. The number of aromatic amines is 1. The lowest BCUT2D eigenvalue weighted by Gasteiger charge is -2.27. The molecule has 0 fully saturated rings. The van der Waals surface area contributed by atoms with Gasteiger partial charge in [-0.15, -0.1) is 0 Å². The van der Waals surface area contributed by atoms with Crippen LogP contribution in [-0.4, -0.2) is 42.4 Å². The molecule has 0 unspecified atom stereocenters. The molecule has 1 aliphatic heterocycles. The zero-order valence-corrected chi connectivity index (χ0v) is 16.0. The first-order valence-corrected chi connectivity index (χ1v) is 9.13.